The number of aromatic hydroxyl groups is 1. The molecule has 22 heavy (non-hydrogen) atoms. The second-order valence-electron chi connectivity index (χ2n) is 5.25. The average molecular weight is 308 g/mol. The summed E-state index contributed by atoms with van der Waals surface area (Å²) < 4.78 is 5.22. The predicted molar refractivity (Wildman–Crippen MR) is 79.7 cm³/mol. The van der Waals surface area contributed by atoms with Gasteiger partial charge in [-0.15, -0.1) is 0 Å². The molecule has 1 saturated heterocycles. The molecule has 0 aliphatic carbocycles. The van der Waals surface area contributed by atoms with E-state index in [1.165, 1.54) is 12.1 Å². The van der Waals surface area contributed by atoms with Gasteiger partial charge in [-0.2, -0.15) is 0 Å². The molecule has 1 heterocycles. The van der Waals surface area contributed by atoms with Gasteiger partial charge < -0.3 is 20.3 Å². The van der Waals surface area contributed by atoms with Crippen LogP contribution in [0.1, 0.15) is 6.42 Å². The van der Waals surface area contributed by atoms with Gasteiger partial charge in [-0.05, 0) is 12.1 Å². The van der Waals surface area contributed by atoms with Crippen LogP contribution >= 0.6 is 0 Å². The van der Waals surface area contributed by atoms with E-state index in [2.05, 4.69) is 5.32 Å². The highest BCUT2D eigenvalue weighted by atomic mass is 16.5. The van der Waals surface area contributed by atoms with Crippen LogP contribution in [-0.4, -0.2) is 59.8 Å². The van der Waals surface area contributed by atoms with Crippen LogP contribution in [0, 0.1) is 5.92 Å². The van der Waals surface area contributed by atoms with Gasteiger partial charge in [0.05, 0.1) is 19.1 Å². The van der Waals surface area contributed by atoms with Crippen molar-refractivity contribution in [2.45, 2.75) is 6.42 Å². The zero-order valence-corrected chi connectivity index (χ0v) is 12.2. The number of phenolic OH excluding ortho intramolecular Hbond substituents is 1. The molecule has 1 unspecified atom stereocenters. The van der Waals surface area contributed by atoms with Crippen molar-refractivity contribution in [3.63, 3.8) is 0 Å². The van der Waals surface area contributed by atoms with Gasteiger partial charge in [0.1, 0.15) is 5.75 Å². The fourth-order valence-corrected chi connectivity index (χ4v) is 2.34. The summed E-state index contributed by atoms with van der Waals surface area (Å²) in [6.45, 7) is 2.85. The minimum atomic E-state index is -0.988. The highest BCUT2D eigenvalue weighted by Gasteiger charge is 2.25. The summed E-state index contributed by atoms with van der Waals surface area (Å²) in [5, 5.41) is 21.2. The van der Waals surface area contributed by atoms with Crippen LogP contribution in [0.5, 0.6) is 5.75 Å². The lowest BCUT2D eigenvalue weighted by molar-refractivity contribution is -0.144. The summed E-state index contributed by atoms with van der Waals surface area (Å²) in [6.07, 6.45) is -0.109. The van der Waals surface area contributed by atoms with Crippen molar-refractivity contribution >= 4 is 17.6 Å². The molecule has 1 aromatic rings. The number of benzene rings is 1. The van der Waals surface area contributed by atoms with Crippen LogP contribution < -0.4 is 5.32 Å². The van der Waals surface area contributed by atoms with E-state index in [-0.39, 0.29) is 18.1 Å². The number of ether oxygens (including phenoxy) is 1. The molecule has 7 nitrogen and oxygen atoms in total. The fourth-order valence-electron chi connectivity index (χ4n) is 2.34. The molecule has 0 radical (unpaired) electrons. The van der Waals surface area contributed by atoms with E-state index in [1.807, 2.05) is 4.90 Å². The number of carbonyl (C=O) groups excluding carboxylic acids is 1. The Morgan fingerprint density at radius 3 is 2.68 bits per heavy atom. The normalized spacial score (nSPS) is 16.9. The Morgan fingerprint density at radius 2 is 2.05 bits per heavy atom. The number of hydrogen-bond donors (Lipinski definition) is 3. The van der Waals surface area contributed by atoms with Crippen LogP contribution in [0.4, 0.5) is 5.69 Å². The average Bonchev–Trinajstić information content (AvgIpc) is 2.47. The van der Waals surface area contributed by atoms with Crippen molar-refractivity contribution in [2.75, 3.05) is 38.2 Å². The maximum Gasteiger partial charge on any atom is 0.308 e. The lowest BCUT2D eigenvalue weighted by Gasteiger charge is -2.28. The molecule has 1 aliphatic heterocycles. The van der Waals surface area contributed by atoms with Crippen LogP contribution in [0.3, 0.4) is 0 Å². The molecule has 1 atom stereocenters. The van der Waals surface area contributed by atoms with Gasteiger partial charge in [-0.3, -0.25) is 14.5 Å². The third-order valence-corrected chi connectivity index (χ3v) is 3.49. The molecule has 0 saturated carbocycles. The van der Waals surface area contributed by atoms with E-state index < -0.39 is 11.9 Å². The first kappa shape index (κ1) is 16.3. The summed E-state index contributed by atoms with van der Waals surface area (Å²) in [4.78, 5) is 25.3. The quantitative estimate of drug-likeness (QED) is 0.717. The van der Waals surface area contributed by atoms with Crippen molar-refractivity contribution in [1.82, 2.24) is 4.90 Å². The van der Waals surface area contributed by atoms with Crippen molar-refractivity contribution in [3.8, 4) is 5.75 Å². The number of nitrogens with zero attached hydrogens (tertiary/aromatic N) is 1. The fraction of sp³-hybridized carbons (Fsp3) is 0.467. The lowest BCUT2D eigenvalue weighted by Crippen LogP contribution is -2.41. The zero-order chi connectivity index (χ0) is 15.9. The minimum Gasteiger partial charge on any atom is -0.508 e. The van der Waals surface area contributed by atoms with E-state index >= 15 is 0 Å². The standard InChI is InChI=1S/C15H20N2O5/c18-13-3-1-2-12(9-13)16-14(19)8-11(15(20)21)10-17-4-6-22-7-5-17/h1-3,9,11,18H,4-8,10H2,(H,16,19)(H,20,21). The first-order valence-electron chi connectivity index (χ1n) is 7.16. The molecular weight excluding hydrogens is 288 g/mol. The maximum absolute atomic E-state index is 12.0. The molecule has 0 aromatic heterocycles. The van der Waals surface area contributed by atoms with E-state index in [0.717, 1.165) is 0 Å². The summed E-state index contributed by atoms with van der Waals surface area (Å²) >= 11 is 0. The van der Waals surface area contributed by atoms with E-state index in [0.29, 0.717) is 38.5 Å². The van der Waals surface area contributed by atoms with Crippen LogP contribution in [0.15, 0.2) is 24.3 Å². The van der Waals surface area contributed by atoms with Crippen molar-refractivity contribution in [1.29, 1.82) is 0 Å². The Kier molecular flexibility index (Phi) is 5.74. The maximum atomic E-state index is 12.0. The molecule has 7 heteroatoms. The Morgan fingerprint density at radius 1 is 1.32 bits per heavy atom. The predicted octanol–water partition coefficient (Wildman–Crippen LogP) is 0.754. The number of rotatable bonds is 6. The van der Waals surface area contributed by atoms with Gasteiger partial charge in [0, 0.05) is 37.8 Å². The number of carbonyl (C=O) groups is 2. The monoisotopic (exact) mass is 308 g/mol. The van der Waals surface area contributed by atoms with E-state index in [1.54, 1.807) is 12.1 Å². The number of anilines is 1. The molecule has 3 N–H and O–H groups in total. The smallest absolute Gasteiger partial charge is 0.308 e. The Bertz CT molecular complexity index is 528. The number of phenols is 1. The number of aliphatic carboxylic acids is 1. The molecule has 1 aliphatic rings. The molecule has 1 fully saturated rings. The Labute approximate surface area is 128 Å². The van der Waals surface area contributed by atoms with E-state index in [4.69, 9.17) is 4.74 Å². The van der Waals surface area contributed by atoms with E-state index in [9.17, 15) is 19.8 Å². The molecule has 0 spiro atoms. The number of nitrogens with one attached hydrogen (secondary N) is 1. The number of carboxylic acids is 1. The summed E-state index contributed by atoms with van der Waals surface area (Å²) in [7, 11) is 0. The van der Waals surface area contributed by atoms with Gasteiger partial charge in [0.2, 0.25) is 5.91 Å². The molecule has 1 aromatic carbocycles. The van der Waals surface area contributed by atoms with Gasteiger partial charge >= 0.3 is 5.97 Å². The number of hydrogen-bond acceptors (Lipinski definition) is 5. The van der Waals surface area contributed by atoms with Crippen LogP contribution in [0.2, 0.25) is 0 Å². The number of morpholine rings is 1. The topological polar surface area (TPSA) is 99.1 Å². The Hall–Kier alpha value is -2.12. The van der Waals surface area contributed by atoms with Gasteiger partial charge in [0.25, 0.3) is 0 Å². The highest BCUT2D eigenvalue weighted by Crippen LogP contribution is 2.17. The molecular formula is C15H20N2O5. The second kappa shape index (κ2) is 7.77. The molecule has 120 valence electrons. The molecule has 0 bridgehead atoms. The Balaban J connectivity index is 1.89. The summed E-state index contributed by atoms with van der Waals surface area (Å²) in [6, 6.07) is 6.15. The highest BCUT2D eigenvalue weighted by molar-refractivity contribution is 5.93. The minimum absolute atomic E-state index is 0.0425. The summed E-state index contributed by atoms with van der Waals surface area (Å²) in [5.41, 5.74) is 0.445. The SMILES string of the molecule is O=C(CC(CN1CCOCC1)C(=O)O)Nc1cccc(O)c1. The first-order chi connectivity index (χ1) is 10.5. The number of carboxylic acid groups (broad SMARTS) is 1. The largest absolute Gasteiger partial charge is 0.508 e. The van der Waals surface area contributed by atoms with Crippen molar-refractivity contribution in [3.05, 3.63) is 24.3 Å². The lowest BCUT2D eigenvalue weighted by atomic mass is 10.0. The van der Waals surface area contributed by atoms with Crippen molar-refractivity contribution < 1.29 is 24.5 Å². The summed E-state index contributed by atoms with van der Waals surface area (Å²) in [5.74, 6) is -2.10. The van der Waals surface area contributed by atoms with Crippen molar-refractivity contribution in [2.24, 2.45) is 5.92 Å². The van der Waals surface area contributed by atoms with Crippen LogP contribution in [-0.2, 0) is 14.3 Å². The third kappa shape index (κ3) is 5.01. The second-order valence-corrected chi connectivity index (χ2v) is 5.25. The van der Waals surface area contributed by atoms with Crippen LogP contribution in [0.25, 0.3) is 0 Å². The first-order valence-corrected chi connectivity index (χ1v) is 7.16. The third-order valence-electron chi connectivity index (χ3n) is 3.49. The van der Waals surface area contributed by atoms with Gasteiger partial charge in [-0.1, -0.05) is 6.07 Å². The van der Waals surface area contributed by atoms with Gasteiger partial charge in [0.15, 0.2) is 0 Å². The number of amides is 1. The zero-order valence-electron chi connectivity index (χ0n) is 12.2. The molecule has 2 rings (SSSR count). The van der Waals surface area contributed by atoms with Gasteiger partial charge in [-0.25, -0.2) is 0 Å². The molecule has 1 amide bonds.